The smallest absolute Gasteiger partial charge is 0.330 e. The van der Waals surface area contributed by atoms with E-state index in [9.17, 15) is 9.59 Å². The van der Waals surface area contributed by atoms with Crippen LogP contribution in [0.3, 0.4) is 0 Å². The van der Waals surface area contributed by atoms with Gasteiger partial charge in [-0.2, -0.15) is 4.80 Å². The van der Waals surface area contributed by atoms with E-state index in [2.05, 4.69) is 20.7 Å². The minimum atomic E-state index is -0.605. The molecular weight excluding hydrogens is 370 g/mol. The molecule has 0 spiro atoms. The summed E-state index contributed by atoms with van der Waals surface area (Å²) in [6, 6.07) is 15.7. The summed E-state index contributed by atoms with van der Waals surface area (Å²) >= 11 is 0. The maximum Gasteiger partial charge on any atom is 0.330 e. The molecule has 0 saturated heterocycles. The van der Waals surface area contributed by atoms with E-state index >= 15 is 0 Å². The number of tetrazole rings is 1. The van der Waals surface area contributed by atoms with Gasteiger partial charge in [-0.3, -0.25) is 4.79 Å². The first-order valence-corrected chi connectivity index (χ1v) is 9.33. The van der Waals surface area contributed by atoms with Crippen molar-refractivity contribution in [3.05, 3.63) is 65.2 Å². The van der Waals surface area contributed by atoms with Gasteiger partial charge in [-0.1, -0.05) is 54.1 Å². The highest BCUT2D eigenvalue weighted by Gasteiger charge is 2.12. The number of nitrogens with one attached hydrogen (secondary N) is 1. The van der Waals surface area contributed by atoms with Gasteiger partial charge in [0.2, 0.25) is 5.82 Å². The fourth-order valence-electron chi connectivity index (χ4n) is 2.71. The monoisotopic (exact) mass is 393 g/mol. The first-order chi connectivity index (χ1) is 14.0. The molecule has 3 aromatic rings. The summed E-state index contributed by atoms with van der Waals surface area (Å²) in [5, 5.41) is 14.7. The lowest BCUT2D eigenvalue weighted by Crippen LogP contribution is -2.31. The van der Waals surface area contributed by atoms with Crippen molar-refractivity contribution in [1.82, 2.24) is 25.5 Å². The van der Waals surface area contributed by atoms with E-state index in [1.165, 1.54) is 11.1 Å². The van der Waals surface area contributed by atoms with Crippen LogP contribution < -0.4 is 5.32 Å². The number of hydrogen-bond donors (Lipinski definition) is 1. The second kappa shape index (κ2) is 9.59. The van der Waals surface area contributed by atoms with Crippen LogP contribution in [-0.2, 0) is 27.3 Å². The molecule has 0 aliphatic rings. The molecule has 2 aromatic carbocycles. The lowest BCUT2D eigenvalue weighted by molar-refractivity contribution is -0.149. The molecule has 8 nitrogen and oxygen atoms in total. The van der Waals surface area contributed by atoms with Crippen LogP contribution in [0.1, 0.15) is 16.7 Å². The average molecular weight is 393 g/mol. The molecule has 3 rings (SSSR count). The van der Waals surface area contributed by atoms with E-state index in [-0.39, 0.29) is 19.1 Å². The Morgan fingerprint density at radius 3 is 2.59 bits per heavy atom. The quantitative estimate of drug-likeness (QED) is 0.587. The van der Waals surface area contributed by atoms with Gasteiger partial charge in [-0.05, 0) is 36.6 Å². The number of aryl methyl sites for hydroxylation is 2. The highest BCUT2D eigenvalue weighted by molar-refractivity contribution is 5.80. The summed E-state index contributed by atoms with van der Waals surface area (Å²) in [6.07, 6.45) is 0.719. The third-order valence-corrected chi connectivity index (χ3v) is 4.38. The molecule has 0 atom stereocenters. The predicted molar refractivity (Wildman–Crippen MR) is 107 cm³/mol. The zero-order chi connectivity index (χ0) is 20.6. The fraction of sp³-hybridized carbons (Fsp3) is 0.286. The first-order valence-electron chi connectivity index (χ1n) is 9.33. The van der Waals surface area contributed by atoms with Crippen LogP contribution in [0.15, 0.2) is 48.5 Å². The van der Waals surface area contributed by atoms with Crippen molar-refractivity contribution in [3.8, 4) is 11.4 Å². The lowest BCUT2D eigenvalue weighted by atomic mass is 10.1. The molecular formula is C21H23N5O3. The largest absolute Gasteiger partial charge is 0.454 e. The average Bonchev–Trinajstić information content (AvgIpc) is 3.17. The Morgan fingerprint density at radius 2 is 1.83 bits per heavy atom. The third kappa shape index (κ3) is 5.97. The standard InChI is InChI=1S/C21H23N5O3/c1-15-7-9-18(10-8-15)21-23-25-26(24-21)13-20(28)29-14-19(27)22-12-11-17-6-4-3-5-16(17)2/h3-10H,11-14H2,1-2H3,(H,22,27). The second-order valence-electron chi connectivity index (χ2n) is 6.70. The van der Waals surface area contributed by atoms with Crippen LogP contribution in [0.5, 0.6) is 0 Å². The number of aromatic nitrogens is 4. The molecule has 1 N–H and O–H groups in total. The molecule has 0 aliphatic heterocycles. The van der Waals surface area contributed by atoms with Crippen LogP contribution in [0.2, 0.25) is 0 Å². The topological polar surface area (TPSA) is 99.0 Å². The Hall–Kier alpha value is -3.55. The molecule has 1 heterocycles. The third-order valence-electron chi connectivity index (χ3n) is 4.38. The van der Waals surface area contributed by atoms with E-state index in [1.807, 2.05) is 62.4 Å². The van der Waals surface area contributed by atoms with E-state index < -0.39 is 5.97 Å². The second-order valence-corrected chi connectivity index (χ2v) is 6.70. The van der Waals surface area contributed by atoms with Crippen LogP contribution in [0.25, 0.3) is 11.4 Å². The highest BCUT2D eigenvalue weighted by atomic mass is 16.5. The summed E-state index contributed by atoms with van der Waals surface area (Å²) in [5.41, 5.74) is 4.29. The number of ether oxygens (including phenoxy) is 1. The van der Waals surface area contributed by atoms with Crippen LogP contribution in [0, 0.1) is 13.8 Å². The minimum absolute atomic E-state index is 0.213. The normalized spacial score (nSPS) is 10.6. The number of rotatable bonds is 8. The van der Waals surface area contributed by atoms with Gasteiger partial charge in [0.05, 0.1) is 0 Å². The number of benzene rings is 2. The first kappa shape index (κ1) is 20.2. The number of amides is 1. The molecule has 1 aromatic heterocycles. The van der Waals surface area contributed by atoms with E-state index in [1.54, 1.807) is 0 Å². The Morgan fingerprint density at radius 1 is 1.07 bits per heavy atom. The van der Waals surface area contributed by atoms with Gasteiger partial charge in [0.15, 0.2) is 13.2 Å². The van der Waals surface area contributed by atoms with Crippen molar-refractivity contribution in [2.24, 2.45) is 0 Å². The maximum atomic E-state index is 11.9. The van der Waals surface area contributed by atoms with Crippen molar-refractivity contribution in [2.45, 2.75) is 26.8 Å². The number of esters is 1. The molecule has 0 fully saturated rings. The zero-order valence-electron chi connectivity index (χ0n) is 16.5. The lowest BCUT2D eigenvalue weighted by Gasteiger charge is -2.08. The summed E-state index contributed by atoms with van der Waals surface area (Å²) in [6.45, 7) is 3.94. The maximum absolute atomic E-state index is 11.9. The Balaban J connectivity index is 1.40. The molecule has 0 radical (unpaired) electrons. The summed E-state index contributed by atoms with van der Waals surface area (Å²) in [4.78, 5) is 24.9. The van der Waals surface area contributed by atoms with Gasteiger partial charge in [0, 0.05) is 12.1 Å². The van der Waals surface area contributed by atoms with Crippen molar-refractivity contribution in [3.63, 3.8) is 0 Å². The summed E-state index contributed by atoms with van der Waals surface area (Å²) < 4.78 is 4.99. The highest BCUT2D eigenvalue weighted by Crippen LogP contribution is 2.13. The molecule has 0 unspecified atom stereocenters. The Bertz CT molecular complexity index is 982. The van der Waals surface area contributed by atoms with Crippen LogP contribution >= 0.6 is 0 Å². The molecule has 150 valence electrons. The molecule has 8 heteroatoms. The molecule has 29 heavy (non-hydrogen) atoms. The van der Waals surface area contributed by atoms with Gasteiger partial charge in [-0.15, -0.1) is 10.2 Å². The van der Waals surface area contributed by atoms with Gasteiger partial charge >= 0.3 is 5.97 Å². The van der Waals surface area contributed by atoms with Crippen LogP contribution in [0.4, 0.5) is 0 Å². The van der Waals surface area contributed by atoms with Crippen molar-refractivity contribution in [1.29, 1.82) is 0 Å². The Labute approximate surface area is 168 Å². The zero-order valence-corrected chi connectivity index (χ0v) is 16.5. The summed E-state index contributed by atoms with van der Waals surface area (Å²) in [7, 11) is 0. The molecule has 0 aliphatic carbocycles. The van der Waals surface area contributed by atoms with Gasteiger partial charge < -0.3 is 10.1 Å². The van der Waals surface area contributed by atoms with Crippen molar-refractivity contribution >= 4 is 11.9 Å². The van der Waals surface area contributed by atoms with Crippen molar-refractivity contribution < 1.29 is 14.3 Å². The van der Waals surface area contributed by atoms with E-state index in [0.717, 1.165) is 22.3 Å². The van der Waals surface area contributed by atoms with Crippen LogP contribution in [-0.4, -0.2) is 45.2 Å². The van der Waals surface area contributed by atoms with Gasteiger partial charge in [-0.25, -0.2) is 4.79 Å². The van der Waals surface area contributed by atoms with Crippen molar-refractivity contribution in [2.75, 3.05) is 13.2 Å². The van der Waals surface area contributed by atoms with E-state index in [4.69, 9.17) is 4.74 Å². The van der Waals surface area contributed by atoms with Gasteiger partial charge in [0.25, 0.3) is 5.91 Å². The molecule has 1 amide bonds. The number of hydrogen-bond acceptors (Lipinski definition) is 6. The number of nitrogens with zero attached hydrogens (tertiary/aromatic N) is 4. The van der Waals surface area contributed by atoms with E-state index in [0.29, 0.717) is 12.4 Å². The fourth-order valence-corrected chi connectivity index (χ4v) is 2.71. The molecule has 0 bridgehead atoms. The Kier molecular flexibility index (Phi) is 6.67. The number of carbonyl (C=O) groups excluding carboxylic acids is 2. The molecule has 0 saturated carbocycles. The summed E-state index contributed by atoms with van der Waals surface area (Å²) in [5.74, 6) is -0.530. The van der Waals surface area contributed by atoms with Gasteiger partial charge in [0.1, 0.15) is 0 Å². The minimum Gasteiger partial charge on any atom is -0.454 e. The number of carbonyl (C=O) groups is 2. The SMILES string of the molecule is Cc1ccc(-c2nnn(CC(=O)OCC(=O)NCCc3ccccc3C)n2)cc1. The predicted octanol–water partition coefficient (Wildman–Crippen LogP) is 1.86.